The molecule has 170 valence electrons. The Balaban J connectivity index is 1.69. The topological polar surface area (TPSA) is 95.5 Å². The zero-order valence-corrected chi connectivity index (χ0v) is 18.8. The number of aryl methyl sites for hydroxylation is 1. The summed E-state index contributed by atoms with van der Waals surface area (Å²) >= 11 is 1.23. The van der Waals surface area contributed by atoms with E-state index in [4.69, 9.17) is 4.74 Å². The van der Waals surface area contributed by atoms with Gasteiger partial charge in [-0.2, -0.15) is 0 Å². The Bertz CT molecular complexity index is 1050. The Kier molecular flexibility index (Phi) is 6.33. The summed E-state index contributed by atoms with van der Waals surface area (Å²) < 4.78 is 18.8. The molecule has 4 atom stereocenters. The van der Waals surface area contributed by atoms with Gasteiger partial charge in [0.1, 0.15) is 16.4 Å². The maximum absolute atomic E-state index is 13.5. The summed E-state index contributed by atoms with van der Waals surface area (Å²) in [6.07, 6.45) is 2.98. The maximum atomic E-state index is 13.5. The quantitative estimate of drug-likeness (QED) is 0.637. The van der Waals surface area contributed by atoms with Crippen LogP contribution in [0.15, 0.2) is 24.3 Å². The van der Waals surface area contributed by atoms with Crippen LogP contribution >= 0.6 is 11.3 Å². The molecule has 2 aliphatic rings. The van der Waals surface area contributed by atoms with Crippen LogP contribution in [0, 0.1) is 36.4 Å². The van der Waals surface area contributed by atoms with Gasteiger partial charge in [0.2, 0.25) is 5.91 Å². The number of carboxylic acids is 1. The summed E-state index contributed by atoms with van der Waals surface area (Å²) in [4.78, 5) is 38.7. The summed E-state index contributed by atoms with van der Waals surface area (Å²) in [5, 5.41) is 14.9. The number of halogens is 1. The van der Waals surface area contributed by atoms with Gasteiger partial charge in [0.25, 0.3) is 0 Å². The number of rotatable bonds is 7. The van der Waals surface area contributed by atoms with E-state index in [0.717, 1.165) is 17.7 Å². The van der Waals surface area contributed by atoms with Gasteiger partial charge in [0.15, 0.2) is 0 Å². The van der Waals surface area contributed by atoms with E-state index in [1.54, 1.807) is 12.1 Å². The Morgan fingerprint density at radius 3 is 2.44 bits per heavy atom. The van der Waals surface area contributed by atoms with E-state index in [0.29, 0.717) is 29.0 Å². The number of carbonyl (C=O) groups excluding carboxylic acids is 3. The fraction of sp³-hybridized carbons (Fsp3) is 0.458. The van der Waals surface area contributed by atoms with E-state index in [1.807, 2.05) is 13.8 Å². The molecule has 2 bridgehead atoms. The lowest BCUT2D eigenvalue weighted by Gasteiger charge is -2.30. The number of esters is 1. The van der Waals surface area contributed by atoms with Crippen LogP contribution in [-0.4, -0.2) is 24.5 Å². The molecule has 2 aliphatic carbocycles. The van der Waals surface area contributed by atoms with E-state index >= 15 is 0 Å². The van der Waals surface area contributed by atoms with Crippen molar-refractivity contribution in [2.45, 2.75) is 39.5 Å². The van der Waals surface area contributed by atoms with Crippen LogP contribution in [0.2, 0.25) is 0 Å². The van der Waals surface area contributed by atoms with Gasteiger partial charge in [-0.05, 0) is 62.1 Å². The van der Waals surface area contributed by atoms with Crippen LogP contribution in [0.3, 0.4) is 0 Å². The highest BCUT2D eigenvalue weighted by Crippen LogP contribution is 2.52. The number of carboxylic acid groups (broad SMARTS) is 1. The predicted octanol–water partition coefficient (Wildman–Crippen LogP) is 3.78. The molecule has 1 aromatic carbocycles. The maximum Gasteiger partial charge on any atom is 0.341 e. The second-order valence-electron chi connectivity index (χ2n) is 8.57. The van der Waals surface area contributed by atoms with Gasteiger partial charge in [-0.15, -0.1) is 11.3 Å². The van der Waals surface area contributed by atoms with Gasteiger partial charge in [-0.1, -0.05) is 19.1 Å². The Morgan fingerprint density at radius 1 is 1.16 bits per heavy atom. The lowest BCUT2D eigenvalue weighted by atomic mass is 9.78. The third-order valence-electron chi connectivity index (χ3n) is 6.59. The molecule has 4 rings (SSSR count). The number of nitrogens with one attached hydrogen (secondary N) is 1. The fourth-order valence-electron chi connectivity index (χ4n) is 5.26. The molecule has 1 amide bonds. The molecule has 0 radical (unpaired) electrons. The standard InChI is InChI=1S/C24H26FNO5S/c1-3-10-31-24(30)20-17(13-6-8-16(25)9-7-13)12(2)32-22(20)26-21(27)18-14-4-5-15(11-14)19(18)23(28)29/h6-9,14-15,18-19H,3-5,10-11H2,1-2H3,(H,26,27)(H,28,29)/p-1/t14-,15-,18-,19+/m1/s1. The summed E-state index contributed by atoms with van der Waals surface area (Å²) in [6, 6.07) is 5.78. The zero-order chi connectivity index (χ0) is 23.0. The molecular formula is C24H25FNO5S-. The third kappa shape index (κ3) is 4.03. The van der Waals surface area contributed by atoms with Crippen molar-refractivity contribution in [1.82, 2.24) is 0 Å². The number of ether oxygens (including phenoxy) is 1. The second-order valence-corrected chi connectivity index (χ2v) is 9.80. The number of hydrogen-bond donors (Lipinski definition) is 1. The molecule has 0 saturated heterocycles. The average molecular weight is 459 g/mol. The monoisotopic (exact) mass is 458 g/mol. The zero-order valence-electron chi connectivity index (χ0n) is 18.0. The van der Waals surface area contributed by atoms with Crippen LogP contribution in [0.1, 0.15) is 47.8 Å². The van der Waals surface area contributed by atoms with E-state index in [-0.39, 0.29) is 24.0 Å². The number of aliphatic carboxylic acids is 1. The fourth-order valence-corrected chi connectivity index (χ4v) is 6.33. The largest absolute Gasteiger partial charge is 0.550 e. The third-order valence-corrected chi connectivity index (χ3v) is 7.61. The number of fused-ring (bicyclic) bond motifs is 2. The molecule has 1 aromatic heterocycles. The SMILES string of the molecule is CCCOC(=O)c1c(NC(=O)[C@@H]2[C@@H]3CC[C@H](C3)[C@@H]2C(=O)[O-])sc(C)c1-c1ccc(F)cc1. The van der Waals surface area contributed by atoms with Crippen molar-refractivity contribution >= 4 is 34.2 Å². The van der Waals surface area contributed by atoms with Gasteiger partial charge < -0.3 is 20.0 Å². The normalized spacial score (nSPS) is 23.8. The summed E-state index contributed by atoms with van der Waals surface area (Å²) in [5.41, 5.74) is 1.43. The highest BCUT2D eigenvalue weighted by atomic mass is 32.1. The van der Waals surface area contributed by atoms with Crippen LogP contribution in [0.5, 0.6) is 0 Å². The van der Waals surface area contributed by atoms with Crippen molar-refractivity contribution in [2.75, 3.05) is 11.9 Å². The molecule has 8 heteroatoms. The molecule has 2 fully saturated rings. The average Bonchev–Trinajstić information content (AvgIpc) is 3.45. The van der Waals surface area contributed by atoms with E-state index in [9.17, 15) is 23.9 Å². The lowest BCUT2D eigenvalue weighted by molar-refractivity contribution is -0.314. The molecule has 2 aromatic rings. The first kappa shape index (κ1) is 22.5. The number of benzene rings is 1. The number of carbonyl (C=O) groups is 3. The summed E-state index contributed by atoms with van der Waals surface area (Å²) in [7, 11) is 0. The first-order chi connectivity index (χ1) is 15.3. The number of anilines is 1. The van der Waals surface area contributed by atoms with Crippen molar-refractivity contribution < 1.29 is 28.6 Å². The van der Waals surface area contributed by atoms with Gasteiger partial charge >= 0.3 is 5.97 Å². The molecular weight excluding hydrogens is 433 g/mol. The first-order valence-electron chi connectivity index (χ1n) is 10.9. The smallest absolute Gasteiger partial charge is 0.341 e. The number of hydrogen-bond acceptors (Lipinski definition) is 6. The van der Waals surface area contributed by atoms with Crippen LogP contribution < -0.4 is 10.4 Å². The van der Waals surface area contributed by atoms with Crippen molar-refractivity contribution in [3.63, 3.8) is 0 Å². The van der Waals surface area contributed by atoms with Crippen LogP contribution in [0.25, 0.3) is 11.1 Å². The molecule has 0 unspecified atom stereocenters. The van der Waals surface area contributed by atoms with E-state index in [1.165, 1.54) is 23.5 Å². The minimum Gasteiger partial charge on any atom is -0.550 e. The second kappa shape index (κ2) is 9.02. The summed E-state index contributed by atoms with van der Waals surface area (Å²) in [6.45, 7) is 3.92. The highest BCUT2D eigenvalue weighted by molar-refractivity contribution is 7.17. The molecule has 0 aliphatic heterocycles. The van der Waals surface area contributed by atoms with E-state index in [2.05, 4.69) is 5.32 Å². The molecule has 32 heavy (non-hydrogen) atoms. The van der Waals surface area contributed by atoms with Crippen molar-refractivity contribution in [3.05, 3.63) is 40.5 Å². The Labute approximate surface area is 189 Å². The Hall–Kier alpha value is -2.74. The molecule has 1 N–H and O–H groups in total. The number of thiophene rings is 1. The Morgan fingerprint density at radius 2 is 1.81 bits per heavy atom. The lowest BCUT2D eigenvalue weighted by Crippen LogP contribution is -2.44. The van der Waals surface area contributed by atoms with Gasteiger partial charge in [-0.3, -0.25) is 4.79 Å². The minimum atomic E-state index is -1.19. The van der Waals surface area contributed by atoms with Crippen molar-refractivity contribution in [3.8, 4) is 11.1 Å². The van der Waals surface area contributed by atoms with Crippen LogP contribution in [-0.2, 0) is 14.3 Å². The van der Waals surface area contributed by atoms with E-state index < -0.39 is 35.5 Å². The van der Waals surface area contributed by atoms with Crippen molar-refractivity contribution in [2.24, 2.45) is 23.7 Å². The van der Waals surface area contributed by atoms with Crippen molar-refractivity contribution in [1.29, 1.82) is 0 Å². The predicted molar refractivity (Wildman–Crippen MR) is 116 cm³/mol. The molecule has 6 nitrogen and oxygen atoms in total. The van der Waals surface area contributed by atoms with Crippen LogP contribution in [0.4, 0.5) is 9.39 Å². The first-order valence-corrected chi connectivity index (χ1v) is 11.7. The highest BCUT2D eigenvalue weighted by Gasteiger charge is 2.51. The molecule has 1 heterocycles. The molecule has 2 saturated carbocycles. The minimum absolute atomic E-state index is 0.0102. The van der Waals surface area contributed by atoms with Gasteiger partial charge in [0, 0.05) is 28.2 Å². The van der Waals surface area contributed by atoms with Gasteiger partial charge in [-0.25, -0.2) is 9.18 Å². The number of amides is 1. The molecule has 0 spiro atoms. The summed E-state index contributed by atoms with van der Waals surface area (Å²) in [5.74, 6) is -4.05. The van der Waals surface area contributed by atoms with Gasteiger partial charge in [0.05, 0.1) is 6.61 Å².